The van der Waals surface area contributed by atoms with Crippen LogP contribution in [-0.4, -0.2) is 26.4 Å². The number of ketones is 1. The molecule has 0 aliphatic heterocycles. The molecule has 0 atom stereocenters. The molecule has 0 saturated carbocycles. The summed E-state index contributed by atoms with van der Waals surface area (Å²) in [5.74, 6) is -0.177. The maximum atomic E-state index is 11.3. The highest BCUT2D eigenvalue weighted by Gasteiger charge is 2.11. The second kappa shape index (κ2) is 4.76. The lowest BCUT2D eigenvalue weighted by molar-refractivity contribution is 0.101. The maximum Gasteiger partial charge on any atom is 0.196 e. The number of thiazole rings is 1. The Labute approximate surface area is 102 Å². The summed E-state index contributed by atoms with van der Waals surface area (Å²) in [7, 11) is 0. The fourth-order valence-electron chi connectivity index (χ4n) is 1.25. The van der Waals surface area contributed by atoms with Crippen LogP contribution in [0.3, 0.4) is 0 Å². The lowest BCUT2D eigenvalue weighted by atomic mass is 10.3. The molecule has 2 aromatic rings. The molecular weight excluding hydrogens is 246 g/mol. The van der Waals surface area contributed by atoms with Crippen molar-refractivity contribution in [3.05, 3.63) is 23.5 Å². The molecule has 0 unspecified atom stereocenters. The van der Waals surface area contributed by atoms with Gasteiger partial charge in [0.05, 0.1) is 12.1 Å². The van der Waals surface area contributed by atoms with E-state index in [0.717, 1.165) is 17.1 Å². The van der Waals surface area contributed by atoms with Gasteiger partial charge in [0.25, 0.3) is 0 Å². The molecule has 4 nitrogen and oxygen atoms in total. The zero-order chi connectivity index (χ0) is 11.5. The minimum atomic E-state index is -0.146. The molecule has 0 bridgehead atoms. The summed E-state index contributed by atoms with van der Waals surface area (Å²) in [4.78, 5) is 15.5. The van der Waals surface area contributed by atoms with Crippen LogP contribution in [0.15, 0.2) is 17.8 Å². The first-order valence-electron chi connectivity index (χ1n) is 4.82. The molecule has 2 aromatic heterocycles. The van der Waals surface area contributed by atoms with Gasteiger partial charge in [-0.25, -0.2) is 4.98 Å². The van der Waals surface area contributed by atoms with Gasteiger partial charge < -0.3 is 0 Å². The molecule has 16 heavy (non-hydrogen) atoms. The van der Waals surface area contributed by atoms with Gasteiger partial charge in [0, 0.05) is 23.7 Å². The second-order valence-corrected chi connectivity index (χ2v) is 4.30. The zero-order valence-corrected chi connectivity index (χ0v) is 10.3. The van der Waals surface area contributed by atoms with Crippen LogP contribution >= 0.6 is 22.9 Å². The number of nitrogens with zero attached hydrogens (tertiary/aromatic N) is 3. The van der Waals surface area contributed by atoms with E-state index >= 15 is 0 Å². The van der Waals surface area contributed by atoms with E-state index in [1.54, 1.807) is 11.6 Å². The van der Waals surface area contributed by atoms with E-state index in [0.29, 0.717) is 5.69 Å². The fourth-order valence-corrected chi connectivity index (χ4v) is 2.19. The topological polar surface area (TPSA) is 47.8 Å². The number of hydrogen-bond donors (Lipinski definition) is 0. The van der Waals surface area contributed by atoms with Crippen molar-refractivity contribution in [1.29, 1.82) is 0 Å². The molecule has 84 valence electrons. The SMILES string of the molecule is CCn1cc(-c2nc(C(=O)CCl)cs2)cn1. The standard InChI is InChI=1S/C10H10ClN3OS/c1-2-14-5-7(4-12-14)10-13-8(6-16-10)9(15)3-11/h4-6H,2-3H2,1H3. The molecule has 2 rings (SSSR count). The zero-order valence-electron chi connectivity index (χ0n) is 8.68. The number of halogens is 1. The molecule has 2 heterocycles. The molecule has 0 aliphatic rings. The minimum Gasteiger partial charge on any atom is -0.291 e. The molecule has 0 radical (unpaired) electrons. The highest BCUT2D eigenvalue weighted by atomic mass is 35.5. The summed E-state index contributed by atoms with van der Waals surface area (Å²) >= 11 is 6.89. The summed E-state index contributed by atoms with van der Waals surface area (Å²) < 4.78 is 1.82. The average Bonchev–Trinajstić information content (AvgIpc) is 2.95. The Balaban J connectivity index is 2.27. The highest BCUT2D eigenvalue weighted by Crippen LogP contribution is 2.23. The summed E-state index contributed by atoms with van der Waals surface area (Å²) in [6, 6.07) is 0. The van der Waals surface area contributed by atoms with Gasteiger partial charge in [-0.15, -0.1) is 22.9 Å². The van der Waals surface area contributed by atoms with E-state index in [1.807, 2.05) is 17.8 Å². The van der Waals surface area contributed by atoms with Gasteiger partial charge in [0.15, 0.2) is 5.78 Å². The Morgan fingerprint density at radius 1 is 1.62 bits per heavy atom. The first-order valence-corrected chi connectivity index (χ1v) is 6.23. The third-order valence-corrected chi connectivity index (χ3v) is 3.25. The van der Waals surface area contributed by atoms with Gasteiger partial charge in [-0.2, -0.15) is 5.10 Å². The Hall–Kier alpha value is -1.20. The van der Waals surface area contributed by atoms with E-state index in [-0.39, 0.29) is 11.7 Å². The molecule has 0 fully saturated rings. The minimum absolute atomic E-state index is 0.0304. The number of carbonyl (C=O) groups excluding carboxylic acids is 1. The van der Waals surface area contributed by atoms with Crippen molar-refractivity contribution in [2.24, 2.45) is 0 Å². The van der Waals surface area contributed by atoms with E-state index < -0.39 is 0 Å². The third-order valence-electron chi connectivity index (χ3n) is 2.12. The summed E-state index contributed by atoms with van der Waals surface area (Å²) in [6.07, 6.45) is 3.66. The van der Waals surface area contributed by atoms with Crippen molar-refractivity contribution >= 4 is 28.7 Å². The smallest absolute Gasteiger partial charge is 0.196 e. The van der Waals surface area contributed by atoms with Crippen molar-refractivity contribution < 1.29 is 4.79 Å². The first-order chi connectivity index (χ1) is 7.74. The Morgan fingerprint density at radius 2 is 2.44 bits per heavy atom. The van der Waals surface area contributed by atoms with E-state index in [1.165, 1.54) is 11.3 Å². The predicted molar refractivity (Wildman–Crippen MR) is 64.1 cm³/mol. The van der Waals surface area contributed by atoms with Gasteiger partial charge in [-0.3, -0.25) is 9.48 Å². The van der Waals surface area contributed by atoms with Crippen LogP contribution < -0.4 is 0 Å². The molecule has 0 aromatic carbocycles. The first kappa shape index (κ1) is 11.3. The van der Waals surface area contributed by atoms with Crippen molar-refractivity contribution in [3.63, 3.8) is 0 Å². The molecule has 6 heteroatoms. The number of carbonyl (C=O) groups is 1. The predicted octanol–water partition coefficient (Wildman–Crippen LogP) is 2.45. The molecule has 0 spiro atoms. The van der Waals surface area contributed by atoms with E-state index in [9.17, 15) is 4.79 Å². The maximum absolute atomic E-state index is 11.3. The van der Waals surface area contributed by atoms with Crippen LogP contribution in [0.25, 0.3) is 10.6 Å². The summed E-state index contributed by atoms with van der Waals surface area (Å²) in [5, 5.41) is 6.68. The largest absolute Gasteiger partial charge is 0.291 e. The third kappa shape index (κ3) is 2.15. The number of aromatic nitrogens is 3. The van der Waals surface area contributed by atoms with E-state index in [2.05, 4.69) is 10.1 Å². The number of hydrogen-bond acceptors (Lipinski definition) is 4. The monoisotopic (exact) mass is 255 g/mol. The fraction of sp³-hybridized carbons (Fsp3) is 0.300. The van der Waals surface area contributed by atoms with Crippen LogP contribution in [0, 0.1) is 0 Å². The van der Waals surface area contributed by atoms with Crippen LogP contribution in [0.1, 0.15) is 17.4 Å². The van der Waals surface area contributed by atoms with Gasteiger partial charge in [-0.1, -0.05) is 0 Å². The molecule has 0 N–H and O–H groups in total. The number of Topliss-reactive ketones (excluding diaryl/α,β-unsaturated/α-hetero) is 1. The van der Waals surface area contributed by atoms with Crippen molar-refractivity contribution in [3.8, 4) is 10.6 Å². The molecule has 0 aliphatic carbocycles. The van der Waals surface area contributed by atoms with Gasteiger partial charge >= 0.3 is 0 Å². The number of aryl methyl sites for hydroxylation is 1. The Bertz CT molecular complexity index is 506. The Kier molecular flexibility index (Phi) is 3.36. The number of rotatable bonds is 4. The lowest BCUT2D eigenvalue weighted by Crippen LogP contribution is -1.99. The summed E-state index contributed by atoms with van der Waals surface area (Å²) in [6.45, 7) is 2.83. The lowest BCUT2D eigenvalue weighted by Gasteiger charge is -1.90. The van der Waals surface area contributed by atoms with Gasteiger partial charge in [-0.05, 0) is 6.92 Å². The molecule has 0 saturated heterocycles. The highest BCUT2D eigenvalue weighted by molar-refractivity contribution is 7.13. The van der Waals surface area contributed by atoms with Crippen LogP contribution in [0.2, 0.25) is 0 Å². The van der Waals surface area contributed by atoms with Crippen molar-refractivity contribution in [1.82, 2.24) is 14.8 Å². The molecule has 0 amide bonds. The van der Waals surface area contributed by atoms with Gasteiger partial charge in [0.1, 0.15) is 10.7 Å². The normalized spacial score (nSPS) is 10.6. The van der Waals surface area contributed by atoms with Crippen LogP contribution in [0.5, 0.6) is 0 Å². The Morgan fingerprint density at radius 3 is 3.06 bits per heavy atom. The number of alkyl halides is 1. The van der Waals surface area contributed by atoms with Gasteiger partial charge in [0.2, 0.25) is 0 Å². The second-order valence-electron chi connectivity index (χ2n) is 3.18. The van der Waals surface area contributed by atoms with Crippen molar-refractivity contribution in [2.75, 3.05) is 5.88 Å². The van der Waals surface area contributed by atoms with Crippen LogP contribution in [-0.2, 0) is 6.54 Å². The van der Waals surface area contributed by atoms with Crippen LogP contribution in [0.4, 0.5) is 0 Å². The quantitative estimate of drug-likeness (QED) is 0.623. The van der Waals surface area contributed by atoms with Crippen molar-refractivity contribution in [2.45, 2.75) is 13.5 Å². The average molecular weight is 256 g/mol. The molecular formula is C10H10ClN3OS. The van der Waals surface area contributed by atoms with E-state index in [4.69, 9.17) is 11.6 Å². The summed E-state index contributed by atoms with van der Waals surface area (Å²) in [5.41, 5.74) is 1.36.